The van der Waals surface area contributed by atoms with Crippen LogP contribution in [0.5, 0.6) is 0 Å². The summed E-state index contributed by atoms with van der Waals surface area (Å²) >= 11 is 5.31. The summed E-state index contributed by atoms with van der Waals surface area (Å²) in [7, 11) is 0. The van der Waals surface area contributed by atoms with E-state index in [4.69, 9.17) is 11.5 Å². The average Bonchev–Trinajstić information content (AvgIpc) is 2.32. The van der Waals surface area contributed by atoms with E-state index >= 15 is 0 Å². The Bertz CT molecular complexity index is 454. The first-order valence-corrected chi connectivity index (χ1v) is 7.68. The maximum absolute atomic E-state index is 11.4. The van der Waals surface area contributed by atoms with Gasteiger partial charge in [-0.05, 0) is 53.7 Å². The summed E-state index contributed by atoms with van der Waals surface area (Å²) in [6, 6.07) is 8.10. The quantitative estimate of drug-likeness (QED) is 0.896. The third-order valence-electron chi connectivity index (χ3n) is 3.36. The van der Waals surface area contributed by atoms with Crippen molar-refractivity contribution in [2.24, 2.45) is 11.5 Å². The van der Waals surface area contributed by atoms with Crippen molar-refractivity contribution in [1.82, 2.24) is 0 Å². The SMILES string of the molecule is NC(=O)C1(N)CCCC(Sc2ccccc2Br)C1. The van der Waals surface area contributed by atoms with E-state index in [1.165, 1.54) is 4.90 Å². The predicted molar refractivity (Wildman–Crippen MR) is 78.4 cm³/mol. The van der Waals surface area contributed by atoms with E-state index in [2.05, 4.69) is 22.0 Å². The van der Waals surface area contributed by atoms with Crippen LogP contribution >= 0.6 is 27.7 Å². The van der Waals surface area contributed by atoms with Crippen LogP contribution in [0.2, 0.25) is 0 Å². The second kappa shape index (κ2) is 5.63. The summed E-state index contributed by atoms with van der Waals surface area (Å²) in [5.41, 5.74) is 10.7. The first-order chi connectivity index (χ1) is 8.51. The molecule has 0 radical (unpaired) electrons. The summed E-state index contributed by atoms with van der Waals surface area (Å²) < 4.78 is 1.09. The smallest absolute Gasteiger partial charge is 0.237 e. The molecule has 2 unspecified atom stereocenters. The fraction of sp³-hybridized carbons (Fsp3) is 0.462. The van der Waals surface area contributed by atoms with Gasteiger partial charge < -0.3 is 11.5 Å². The molecule has 18 heavy (non-hydrogen) atoms. The Morgan fingerprint density at radius 3 is 2.83 bits per heavy atom. The first kappa shape index (κ1) is 13.9. The van der Waals surface area contributed by atoms with Crippen LogP contribution < -0.4 is 11.5 Å². The monoisotopic (exact) mass is 328 g/mol. The van der Waals surface area contributed by atoms with E-state index in [-0.39, 0.29) is 5.91 Å². The molecule has 0 spiro atoms. The third kappa shape index (κ3) is 3.08. The molecular formula is C13H17BrN2OS. The molecule has 2 rings (SSSR count). The summed E-state index contributed by atoms with van der Waals surface area (Å²) in [6.07, 6.45) is 3.41. The number of amides is 1. The number of hydrogen-bond donors (Lipinski definition) is 2. The lowest BCUT2D eigenvalue weighted by Gasteiger charge is -2.35. The highest BCUT2D eigenvalue weighted by Crippen LogP contribution is 2.39. The highest BCUT2D eigenvalue weighted by molar-refractivity contribution is 9.10. The number of benzene rings is 1. The Labute approximate surface area is 120 Å². The zero-order valence-electron chi connectivity index (χ0n) is 10.1. The van der Waals surface area contributed by atoms with Crippen molar-refractivity contribution in [2.45, 2.75) is 41.4 Å². The third-order valence-corrected chi connectivity index (χ3v) is 5.66. The molecule has 4 N–H and O–H groups in total. The number of rotatable bonds is 3. The van der Waals surface area contributed by atoms with Crippen LogP contribution in [0, 0.1) is 0 Å². The molecule has 2 atom stereocenters. The maximum Gasteiger partial charge on any atom is 0.237 e. The van der Waals surface area contributed by atoms with Gasteiger partial charge in [0.1, 0.15) is 0 Å². The zero-order valence-corrected chi connectivity index (χ0v) is 12.5. The van der Waals surface area contributed by atoms with Crippen molar-refractivity contribution in [1.29, 1.82) is 0 Å². The molecule has 1 fully saturated rings. The second-order valence-corrected chi connectivity index (χ2v) is 6.98. The molecule has 1 aliphatic carbocycles. The molecule has 1 aromatic rings. The molecule has 98 valence electrons. The topological polar surface area (TPSA) is 69.1 Å². The van der Waals surface area contributed by atoms with E-state index in [1.807, 2.05) is 18.2 Å². The molecular weight excluding hydrogens is 312 g/mol. The maximum atomic E-state index is 11.4. The largest absolute Gasteiger partial charge is 0.368 e. The van der Waals surface area contributed by atoms with Gasteiger partial charge in [-0.3, -0.25) is 4.79 Å². The Morgan fingerprint density at radius 1 is 1.44 bits per heavy atom. The van der Waals surface area contributed by atoms with E-state index in [0.717, 1.165) is 17.3 Å². The first-order valence-electron chi connectivity index (χ1n) is 6.01. The summed E-state index contributed by atoms with van der Waals surface area (Å²) in [5.74, 6) is -0.375. The van der Waals surface area contributed by atoms with E-state index < -0.39 is 5.54 Å². The minimum atomic E-state index is -0.822. The van der Waals surface area contributed by atoms with E-state index in [0.29, 0.717) is 18.1 Å². The number of thioether (sulfide) groups is 1. The molecule has 5 heteroatoms. The van der Waals surface area contributed by atoms with Crippen LogP contribution in [0.1, 0.15) is 25.7 Å². The summed E-state index contributed by atoms with van der Waals surface area (Å²) in [4.78, 5) is 12.6. The lowest BCUT2D eigenvalue weighted by atomic mass is 9.82. The summed E-state index contributed by atoms with van der Waals surface area (Å²) in [5, 5.41) is 0.356. The predicted octanol–water partition coefficient (Wildman–Crippen LogP) is 2.67. The normalized spacial score (nSPS) is 28.0. The Hall–Kier alpha value is -0.520. The molecule has 1 saturated carbocycles. The van der Waals surface area contributed by atoms with Crippen molar-refractivity contribution in [3.05, 3.63) is 28.7 Å². The van der Waals surface area contributed by atoms with Crippen LogP contribution in [0.4, 0.5) is 0 Å². The van der Waals surface area contributed by atoms with Crippen molar-refractivity contribution in [2.75, 3.05) is 0 Å². The van der Waals surface area contributed by atoms with Crippen LogP contribution in [0.15, 0.2) is 33.6 Å². The zero-order chi connectivity index (χ0) is 13.2. The number of primary amides is 1. The second-order valence-electron chi connectivity index (χ2n) is 4.79. The highest BCUT2D eigenvalue weighted by Gasteiger charge is 2.38. The highest BCUT2D eigenvalue weighted by atomic mass is 79.9. The van der Waals surface area contributed by atoms with Gasteiger partial charge in [0, 0.05) is 14.6 Å². The molecule has 0 heterocycles. The van der Waals surface area contributed by atoms with Gasteiger partial charge in [-0.2, -0.15) is 0 Å². The molecule has 1 aliphatic rings. The van der Waals surface area contributed by atoms with Crippen molar-refractivity contribution in [3.63, 3.8) is 0 Å². The molecule has 0 aromatic heterocycles. The average molecular weight is 329 g/mol. The molecule has 1 aromatic carbocycles. The Balaban J connectivity index is 2.07. The van der Waals surface area contributed by atoms with Gasteiger partial charge in [-0.25, -0.2) is 0 Å². The van der Waals surface area contributed by atoms with Crippen LogP contribution in [-0.2, 0) is 4.79 Å². The van der Waals surface area contributed by atoms with Crippen LogP contribution in [-0.4, -0.2) is 16.7 Å². The fourth-order valence-corrected chi connectivity index (χ4v) is 4.23. The molecule has 1 amide bonds. The van der Waals surface area contributed by atoms with Gasteiger partial charge >= 0.3 is 0 Å². The summed E-state index contributed by atoms with van der Waals surface area (Å²) in [6.45, 7) is 0. The minimum absolute atomic E-state index is 0.356. The van der Waals surface area contributed by atoms with Crippen molar-refractivity contribution in [3.8, 4) is 0 Å². The van der Waals surface area contributed by atoms with E-state index in [1.54, 1.807) is 11.8 Å². The van der Waals surface area contributed by atoms with Gasteiger partial charge in [0.05, 0.1) is 5.54 Å². The number of carbonyl (C=O) groups excluding carboxylic acids is 1. The van der Waals surface area contributed by atoms with Gasteiger partial charge in [0.15, 0.2) is 0 Å². The minimum Gasteiger partial charge on any atom is -0.368 e. The number of halogens is 1. The number of hydrogen-bond acceptors (Lipinski definition) is 3. The number of carbonyl (C=O) groups is 1. The molecule has 0 aliphatic heterocycles. The van der Waals surface area contributed by atoms with Gasteiger partial charge in [0.25, 0.3) is 0 Å². The van der Waals surface area contributed by atoms with E-state index in [9.17, 15) is 4.79 Å². The van der Waals surface area contributed by atoms with Crippen molar-refractivity contribution >= 4 is 33.6 Å². The Kier molecular flexibility index (Phi) is 4.35. The molecule has 0 saturated heterocycles. The lowest BCUT2D eigenvalue weighted by Crippen LogP contribution is -2.55. The van der Waals surface area contributed by atoms with Gasteiger partial charge in [-0.15, -0.1) is 11.8 Å². The lowest BCUT2D eigenvalue weighted by molar-refractivity contribution is -0.124. The van der Waals surface area contributed by atoms with Gasteiger partial charge in [0.2, 0.25) is 5.91 Å². The number of nitrogens with two attached hydrogens (primary N) is 2. The molecule has 0 bridgehead atoms. The molecule has 3 nitrogen and oxygen atoms in total. The van der Waals surface area contributed by atoms with Crippen LogP contribution in [0.25, 0.3) is 0 Å². The Morgan fingerprint density at radius 2 is 2.17 bits per heavy atom. The van der Waals surface area contributed by atoms with Crippen molar-refractivity contribution < 1.29 is 4.79 Å². The fourth-order valence-electron chi connectivity index (χ4n) is 2.30. The standard InChI is InChI=1S/C13H17BrN2OS/c14-10-5-1-2-6-11(10)18-9-4-3-7-13(16,8-9)12(15)17/h1-2,5-6,9H,3-4,7-8,16H2,(H2,15,17). The van der Waals surface area contributed by atoms with Crippen LogP contribution in [0.3, 0.4) is 0 Å². The van der Waals surface area contributed by atoms with Gasteiger partial charge in [-0.1, -0.05) is 12.1 Å².